The zero-order valence-electron chi connectivity index (χ0n) is 36.5. The van der Waals surface area contributed by atoms with Gasteiger partial charge in [0, 0.05) is 19.8 Å². The summed E-state index contributed by atoms with van der Waals surface area (Å²) in [7, 11) is -4.40. The second kappa shape index (κ2) is 29.5. The van der Waals surface area contributed by atoms with Crippen molar-refractivity contribution in [2.24, 2.45) is 5.73 Å². The first-order valence-electron chi connectivity index (χ1n) is 21.9. The Morgan fingerprint density at radius 3 is 1.31 bits per heavy atom. The molecule has 25 heteroatoms. The van der Waals surface area contributed by atoms with Gasteiger partial charge in [-0.15, -0.1) is 0 Å². The van der Waals surface area contributed by atoms with Crippen molar-refractivity contribution in [3.05, 3.63) is 12.2 Å². The van der Waals surface area contributed by atoms with Crippen LogP contribution in [0.2, 0.25) is 0 Å². The quantitative estimate of drug-likeness (QED) is 0.0272. The minimum Gasteiger partial charge on any atom is -0.379 e. The van der Waals surface area contributed by atoms with Crippen LogP contribution in [0.15, 0.2) is 12.2 Å². The molecular formula is C40H65F17NO6P. The third kappa shape index (κ3) is 20.2. The largest absolute Gasteiger partial charge is 0.472 e. The Balaban J connectivity index is 4.76. The molecule has 0 bridgehead atoms. The van der Waals surface area contributed by atoms with Crippen molar-refractivity contribution in [1.29, 1.82) is 0 Å². The van der Waals surface area contributed by atoms with Crippen LogP contribution < -0.4 is 5.73 Å². The van der Waals surface area contributed by atoms with E-state index in [-0.39, 0.29) is 51.9 Å². The van der Waals surface area contributed by atoms with E-state index in [9.17, 15) is 84.1 Å². The fourth-order valence-corrected chi connectivity index (χ4v) is 6.92. The van der Waals surface area contributed by atoms with Gasteiger partial charge >= 0.3 is 55.5 Å². The number of hydrogen-bond donors (Lipinski definition) is 2. The number of rotatable bonds is 41. The fourth-order valence-electron chi connectivity index (χ4n) is 6.15. The van der Waals surface area contributed by atoms with Gasteiger partial charge in [-0.2, -0.15) is 74.6 Å². The fraction of sp³-hybridized carbons (Fsp3) is 0.950. The molecule has 390 valence electrons. The van der Waals surface area contributed by atoms with E-state index in [0.717, 1.165) is 25.7 Å². The van der Waals surface area contributed by atoms with Gasteiger partial charge in [-0.3, -0.25) is 9.05 Å². The predicted molar refractivity (Wildman–Crippen MR) is 208 cm³/mol. The number of ether oxygens (including phenoxy) is 2. The summed E-state index contributed by atoms with van der Waals surface area (Å²) in [5, 5.41) is 0. The van der Waals surface area contributed by atoms with E-state index in [1.807, 2.05) is 0 Å². The number of phosphoric ester groups is 1. The highest BCUT2D eigenvalue weighted by Gasteiger charge is 2.95. The van der Waals surface area contributed by atoms with E-state index in [1.165, 1.54) is 64.2 Å². The predicted octanol–water partition coefficient (Wildman–Crippen LogP) is 14.6. The van der Waals surface area contributed by atoms with Gasteiger partial charge in [0.15, 0.2) is 0 Å². The van der Waals surface area contributed by atoms with Crippen LogP contribution in [0.3, 0.4) is 0 Å². The topological polar surface area (TPSA) is 100 Å². The molecule has 3 N–H and O–H groups in total. The highest BCUT2D eigenvalue weighted by atomic mass is 31.2. The van der Waals surface area contributed by atoms with Crippen LogP contribution in [-0.4, -0.2) is 98.2 Å². The highest BCUT2D eigenvalue weighted by Crippen LogP contribution is 2.64. The smallest absolute Gasteiger partial charge is 0.379 e. The molecule has 0 aliphatic heterocycles. The van der Waals surface area contributed by atoms with E-state index in [2.05, 4.69) is 6.92 Å². The van der Waals surface area contributed by atoms with Crippen LogP contribution in [-0.2, 0) is 23.1 Å². The maximum absolute atomic E-state index is 14.0. The van der Waals surface area contributed by atoms with Crippen LogP contribution in [0.5, 0.6) is 0 Å². The number of unbranched alkanes of at least 4 members (excludes halogenated alkanes) is 20. The van der Waals surface area contributed by atoms with Crippen molar-refractivity contribution in [2.45, 2.75) is 202 Å². The molecule has 2 atom stereocenters. The molecule has 0 aromatic carbocycles. The molecule has 0 spiro atoms. The van der Waals surface area contributed by atoms with Crippen molar-refractivity contribution in [2.75, 3.05) is 39.6 Å². The number of halogens is 17. The molecule has 0 amide bonds. The molecule has 0 aromatic heterocycles. The standard InChI is InChI=1S/C40H65F17NO6P/c1-2-3-4-5-6-7-8-9-10-11-14-17-20-23-27-61-30-32(31-64-65(59,60)63-29-26-58)62-28-24-21-18-15-12-13-16-19-22-25-33(41,42)34(43,44)35(45,46)36(47,48)37(49,50)38(51,52)39(53,54)40(55,56)57/h22,25,32H,2-21,23-24,26-31,58H2,1H3,(H,59,60)/b25-22+. The third-order valence-corrected chi connectivity index (χ3v) is 11.2. The Bertz CT molecular complexity index is 1340. The maximum Gasteiger partial charge on any atom is 0.472 e. The van der Waals surface area contributed by atoms with Gasteiger partial charge in [0.05, 0.1) is 19.8 Å². The lowest BCUT2D eigenvalue weighted by atomic mass is 9.89. The van der Waals surface area contributed by atoms with Crippen LogP contribution in [0, 0.1) is 0 Å². The van der Waals surface area contributed by atoms with Crippen LogP contribution in [0.25, 0.3) is 0 Å². The molecule has 0 radical (unpaired) electrons. The maximum atomic E-state index is 14.0. The van der Waals surface area contributed by atoms with Gasteiger partial charge in [-0.05, 0) is 31.8 Å². The van der Waals surface area contributed by atoms with Gasteiger partial charge in [0.2, 0.25) is 0 Å². The molecular weight excluding hydrogens is 944 g/mol. The molecule has 0 aliphatic carbocycles. The first kappa shape index (κ1) is 63.5. The molecule has 2 unspecified atom stereocenters. The van der Waals surface area contributed by atoms with Crippen LogP contribution in [0.4, 0.5) is 74.6 Å². The van der Waals surface area contributed by atoms with Gasteiger partial charge in [-0.1, -0.05) is 129 Å². The van der Waals surface area contributed by atoms with Gasteiger partial charge < -0.3 is 20.1 Å². The zero-order chi connectivity index (χ0) is 50.1. The Hall–Kier alpha value is -1.46. The van der Waals surface area contributed by atoms with E-state index < -0.39 is 74.1 Å². The average molecular weight is 1010 g/mol. The van der Waals surface area contributed by atoms with E-state index in [0.29, 0.717) is 38.7 Å². The summed E-state index contributed by atoms with van der Waals surface area (Å²) < 4.78 is 261. The molecule has 0 heterocycles. The molecule has 0 aromatic rings. The summed E-state index contributed by atoms with van der Waals surface area (Å²) in [6.07, 6.45) is 9.18. The minimum absolute atomic E-state index is 0.0226. The van der Waals surface area contributed by atoms with E-state index >= 15 is 0 Å². The van der Waals surface area contributed by atoms with Crippen LogP contribution >= 0.6 is 7.82 Å². The van der Waals surface area contributed by atoms with Crippen molar-refractivity contribution in [3.63, 3.8) is 0 Å². The van der Waals surface area contributed by atoms with Gasteiger partial charge in [0.25, 0.3) is 0 Å². The van der Waals surface area contributed by atoms with E-state index in [1.54, 1.807) is 0 Å². The monoisotopic (exact) mass is 1010 g/mol. The first-order valence-corrected chi connectivity index (χ1v) is 23.3. The highest BCUT2D eigenvalue weighted by molar-refractivity contribution is 7.47. The Morgan fingerprint density at radius 2 is 0.877 bits per heavy atom. The molecule has 65 heavy (non-hydrogen) atoms. The second-order valence-electron chi connectivity index (χ2n) is 15.8. The average Bonchev–Trinajstić information content (AvgIpc) is 3.20. The number of nitrogens with two attached hydrogens (primary N) is 1. The number of hydrogen-bond acceptors (Lipinski definition) is 6. The van der Waals surface area contributed by atoms with Crippen molar-refractivity contribution < 1.29 is 103 Å². The lowest BCUT2D eigenvalue weighted by Gasteiger charge is -2.42. The SMILES string of the molecule is CCCCCCCCCCCCCCCCOCC(COP(=O)(O)OCCN)OCCCCCCCCC/C=C/C(F)(F)C(F)(F)C(F)(F)C(F)(F)C(F)(F)C(F)(F)C(F)(F)C(F)(F)F. The number of allylic oxidation sites excluding steroid dienone is 2. The molecule has 0 aliphatic rings. The number of phosphoric acid groups is 1. The summed E-state index contributed by atoms with van der Waals surface area (Å²) in [5.41, 5.74) is 5.28. The van der Waals surface area contributed by atoms with Crippen molar-refractivity contribution in [3.8, 4) is 0 Å². The third-order valence-electron chi connectivity index (χ3n) is 10.2. The summed E-state index contributed by atoms with van der Waals surface area (Å²) >= 11 is 0. The number of alkyl halides is 17. The Morgan fingerprint density at radius 1 is 0.492 bits per heavy atom. The first-order chi connectivity index (χ1) is 29.9. The summed E-state index contributed by atoms with van der Waals surface area (Å²) in [4.78, 5) is 9.83. The van der Waals surface area contributed by atoms with Crippen molar-refractivity contribution >= 4 is 7.82 Å². The Labute approximate surface area is 369 Å². The lowest BCUT2D eigenvalue weighted by molar-refractivity contribution is -0.459. The zero-order valence-corrected chi connectivity index (χ0v) is 37.4. The van der Waals surface area contributed by atoms with Gasteiger partial charge in [-0.25, -0.2) is 4.57 Å². The summed E-state index contributed by atoms with van der Waals surface area (Å²) in [6.45, 7) is 2.31. The molecule has 7 nitrogen and oxygen atoms in total. The summed E-state index contributed by atoms with van der Waals surface area (Å²) in [6, 6.07) is 0. The second-order valence-corrected chi connectivity index (χ2v) is 17.2. The summed E-state index contributed by atoms with van der Waals surface area (Å²) in [5.74, 6) is -56.5. The molecule has 0 saturated carbocycles. The lowest BCUT2D eigenvalue weighted by Crippen LogP contribution is -2.74. The van der Waals surface area contributed by atoms with Crippen molar-refractivity contribution in [1.82, 2.24) is 0 Å². The van der Waals surface area contributed by atoms with Gasteiger partial charge in [0.1, 0.15) is 6.10 Å². The normalized spacial score (nSPS) is 15.6. The molecule has 0 fully saturated rings. The molecule has 0 rings (SSSR count). The molecule has 0 saturated heterocycles. The minimum atomic E-state index is -8.65. The van der Waals surface area contributed by atoms with Crippen LogP contribution in [0.1, 0.15) is 148 Å². The Kier molecular flexibility index (Phi) is 28.9. The van der Waals surface area contributed by atoms with E-state index in [4.69, 9.17) is 24.3 Å².